The Labute approximate surface area is 188 Å². The van der Waals surface area contributed by atoms with Crippen LogP contribution in [0.3, 0.4) is 0 Å². The minimum absolute atomic E-state index is 0.105. The molecule has 32 heavy (non-hydrogen) atoms. The number of ether oxygens (including phenoxy) is 2. The molecule has 3 rings (SSSR count). The van der Waals surface area contributed by atoms with Gasteiger partial charge < -0.3 is 20.1 Å². The summed E-state index contributed by atoms with van der Waals surface area (Å²) < 4.78 is 10.5. The predicted molar refractivity (Wildman–Crippen MR) is 126 cm³/mol. The van der Waals surface area contributed by atoms with E-state index in [0.29, 0.717) is 17.1 Å². The monoisotopic (exact) mass is 434 g/mol. The molecular weight excluding hydrogens is 404 g/mol. The number of carbonyl (C=O) groups excluding carboxylic acids is 2. The largest absolute Gasteiger partial charge is 0.497 e. The van der Waals surface area contributed by atoms with Crippen LogP contribution in [0.15, 0.2) is 60.7 Å². The first-order chi connectivity index (χ1) is 15.3. The fraction of sp³-hybridized carbons (Fsp3) is 0.308. The van der Waals surface area contributed by atoms with Gasteiger partial charge in [0, 0.05) is 11.6 Å². The van der Waals surface area contributed by atoms with Crippen molar-refractivity contribution in [1.82, 2.24) is 10.6 Å². The van der Waals surface area contributed by atoms with Crippen molar-refractivity contribution in [2.45, 2.75) is 32.9 Å². The lowest BCUT2D eigenvalue weighted by molar-refractivity contribution is -0.124. The highest BCUT2D eigenvalue weighted by Crippen LogP contribution is 2.25. The summed E-state index contributed by atoms with van der Waals surface area (Å²) in [5.74, 6) is 0.304. The van der Waals surface area contributed by atoms with E-state index in [9.17, 15) is 9.59 Å². The summed E-state index contributed by atoms with van der Waals surface area (Å²) in [7, 11) is 3.05. The van der Waals surface area contributed by atoms with Gasteiger partial charge in [0.2, 0.25) is 5.91 Å². The van der Waals surface area contributed by atoms with Gasteiger partial charge in [0.1, 0.15) is 17.5 Å². The number of rotatable bonds is 8. The molecule has 2 atom stereocenters. The first-order valence-electron chi connectivity index (χ1n) is 10.7. The molecule has 6 heteroatoms. The van der Waals surface area contributed by atoms with Crippen LogP contribution >= 0.6 is 0 Å². The molecule has 0 aromatic heterocycles. The van der Waals surface area contributed by atoms with E-state index in [0.717, 1.165) is 16.3 Å². The summed E-state index contributed by atoms with van der Waals surface area (Å²) in [5, 5.41) is 8.15. The molecule has 0 aliphatic rings. The van der Waals surface area contributed by atoms with Crippen LogP contribution in [-0.2, 0) is 4.79 Å². The lowest BCUT2D eigenvalue weighted by Crippen LogP contribution is -2.50. The van der Waals surface area contributed by atoms with Crippen molar-refractivity contribution in [1.29, 1.82) is 0 Å². The molecule has 2 amide bonds. The molecule has 0 radical (unpaired) electrons. The van der Waals surface area contributed by atoms with Gasteiger partial charge in [-0.1, -0.05) is 56.3 Å². The van der Waals surface area contributed by atoms with Gasteiger partial charge in [0.25, 0.3) is 5.91 Å². The second kappa shape index (κ2) is 10.2. The molecule has 168 valence electrons. The Morgan fingerprint density at radius 3 is 2.06 bits per heavy atom. The molecule has 0 saturated carbocycles. The lowest BCUT2D eigenvalue weighted by Gasteiger charge is -2.25. The number of amides is 2. The molecule has 0 aliphatic heterocycles. The molecule has 3 aromatic rings. The van der Waals surface area contributed by atoms with E-state index in [4.69, 9.17) is 9.47 Å². The van der Waals surface area contributed by atoms with Gasteiger partial charge in [0.05, 0.1) is 20.3 Å². The highest BCUT2D eigenvalue weighted by atomic mass is 16.5. The van der Waals surface area contributed by atoms with Crippen LogP contribution in [0.1, 0.15) is 42.7 Å². The highest BCUT2D eigenvalue weighted by molar-refractivity contribution is 5.98. The molecule has 0 spiro atoms. The number of carbonyl (C=O) groups is 2. The molecule has 0 fully saturated rings. The van der Waals surface area contributed by atoms with E-state index < -0.39 is 6.04 Å². The Balaban J connectivity index is 1.78. The molecule has 2 N–H and O–H groups in total. The number of benzene rings is 3. The van der Waals surface area contributed by atoms with Gasteiger partial charge in [0.15, 0.2) is 0 Å². The number of fused-ring (bicyclic) bond motifs is 1. The van der Waals surface area contributed by atoms with Crippen LogP contribution in [-0.4, -0.2) is 32.1 Å². The van der Waals surface area contributed by atoms with Gasteiger partial charge in [-0.25, -0.2) is 0 Å². The first kappa shape index (κ1) is 23.1. The number of hydrogen-bond acceptors (Lipinski definition) is 4. The summed E-state index contributed by atoms with van der Waals surface area (Å²) in [6.45, 7) is 5.75. The van der Waals surface area contributed by atoms with Crippen molar-refractivity contribution in [3.63, 3.8) is 0 Å². The molecule has 6 nitrogen and oxygen atoms in total. The van der Waals surface area contributed by atoms with Crippen LogP contribution < -0.4 is 20.1 Å². The summed E-state index contributed by atoms with van der Waals surface area (Å²) in [6, 6.07) is 18.1. The number of nitrogens with one attached hydrogen (secondary N) is 2. The van der Waals surface area contributed by atoms with Crippen LogP contribution in [0.4, 0.5) is 0 Å². The summed E-state index contributed by atoms with van der Waals surface area (Å²) in [5.41, 5.74) is 1.39. The maximum atomic E-state index is 13.1. The van der Waals surface area contributed by atoms with Crippen molar-refractivity contribution in [2.75, 3.05) is 14.2 Å². The average Bonchev–Trinajstić information content (AvgIpc) is 2.81. The van der Waals surface area contributed by atoms with Crippen LogP contribution in [0.2, 0.25) is 0 Å². The summed E-state index contributed by atoms with van der Waals surface area (Å²) >= 11 is 0. The van der Waals surface area contributed by atoms with Gasteiger partial charge in [-0.15, -0.1) is 0 Å². The van der Waals surface area contributed by atoms with Crippen molar-refractivity contribution in [2.24, 2.45) is 5.92 Å². The SMILES string of the molecule is COc1cc(OC)cc(C(=O)N[C@H](C(=O)NC(C)c2cccc3ccccc23)C(C)C)c1. The predicted octanol–water partition coefficient (Wildman–Crippen LogP) is 4.49. The van der Waals surface area contributed by atoms with Crippen molar-refractivity contribution < 1.29 is 19.1 Å². The van der Waals surface area contributed by atoms with E-state index in [1.54, 1.807) is 18.2 Å². The van der Waals surface area contributed by atoms with Crippen molar-refractivity contribution in [3.8, 4) is 11.5 Å². The molecule has 0 saturated heterocycles. The third-order valence-corrected chi connectivity index (χ3v) is 5.50. The van der Waals surface area contributed by atoms with Crippen molar-refractivity contribution >= 4 is 22.6 Å². The van der Waals surface area contributed by atoms with Gasteiger partial charge >= 0.3 is 0 Å². The first-order valence-corrected chi connectivity index (χ1v) is 10.7. The Hall–Kier alpha value is -3.54. The fourth-order valence-corrected chi connectivity index (χ4v) is 3.71. The maximum absolute atomic E-state index is 13.1. The number of hydrogen-bond donors (Lipinski definition) is 2. The zero-order valence-corrected chi connectivity index (χ0v) is 19.1. The highest BCUT2D eigenvalue weighted by Gasteiger charge is 2.26. The number of methoxy groups -OCH3 is 2. The third kappa shape index (κ3) is 5.19. The zero-order chi connectivity index (χ0) is 23.3. The quantitative estimate of drug-likeness (QED) is 0.548. The van der Waals surface area contributed by atoms with E-state index in [2.05, 4.69) is 10.6 Å². The normalized spacial score (nSPS) is 12.8. The third-order valence-electron chi connectivity index (χ3n) is 5.50. The Kier molecular flexibility index (Phi) is 7.36. The van der Waals surface area contributed by atoms with E-state index in [1.807, 2.05) is 63.2 Å². The Morgan fingerprint density at radius 1 is 0.812 bits per heavy atom. The Morgan fingerprint density at radius 2 is 1.44 bits per heavy atom. The topological polar surface area (TPSA) is 76.7 Å². The Bertz CT molecular complexity index is 1080. The standard InChI is InChI=1S/C26H30N2O4/c1-16(2)24(28-25(29)19-13-20(31-4)15-21(14-19)32-5)26(30)27-17(3)22-12-8-10-18-9-6-7-11-23(18)22/h6-17,24H,1-5H3,(H,27,30)(H,28,29)/t17?,24-/m0/s1. The molecule has 0 bridgehead atoms. The summed E-state index contributed by atoms with van der Waals surface area (Å²) in [4.78, 5) is 26.1. The van der Waals surface area contributed by atoms with Gasteiger partial charge in [-0.05, 0) is 41.3 Å². The zero-order valence-electron chi connectivity index (χ0n) is 19.1. The van der Waals surface area contributed by atoms with Crippen LogP contribution in [0.25, 0.3) is 10.8 Å². The van der Waals surface area contributed by atoms with E-state index in [-0.39, 0.29) is 23.8 Å². The van der Waals surface area contributed by atoms with E-state index >= 15 is 0 Å². The molecule has 0 heterocycles. The lowest BCUT2D eigenvalue weighted by atomic mass is 9.98. The fourth-order valence-electron chi connectivity index (χ4n) is 3.71. The molecular formula is C26H30N2O4. The minimum atomic E-state index is -0.697. The average molecular weight is 435 g/mol. The van der Waals surface area contributed by atoms with Crippen LogP contribution in [0.5, 0.6) is 11.5 Å². The van der Waals surface area contributed by atoms with E-state index in [1.165, 1.54) is 14.2 Å². The molecule has 0 aliphatic carbocycles. The van der Waals surface area contributed by atoms with Crippen molar-refractivity contribution in [3.05, 3.63) is 71.8 Å². The second-order valence-corrected chi connectivity index (χ2v) is 8.10. The minimum Gasteiger partial charge on any atom is -0.497 e. The molecule has 1 unspecified atom stereocenters. The van der Waals surface area contributed by atoms with Crippen LogP contribution in [0, 0.1) is 5.92 Å². The summed E-state index contributed by atoms with van der Waals surface area (Å²) in [6.07, 6.45) is 0. The van der Waals surface area contributed by atoms with Gasteiger partial charge in [-0.3, -0.25) is 9.59 Å². The van der Waals surface area contributed by atoms with Gasteiger partial charge in [-0.2, -0.15) is 0 Å². The second-order valence-electron chi connectivity index (χ2n) is 8.10. The smallest absolute Gasteiger partial charge is 0.252 e. The maximum Gasteiger partial charge on any atom is 0.252 e. The molecule has 3 aromatic carbocycles.